The van der Waals surface area contributed by atoms with Crippen molar-refractivity contribution in [3.8, 4) is 0 Å². The van der Waals surface area contributed by atoms with Crippen molar-refractivity contribution in [2.75, 3.05) is 11.9 Å². The molecule has 0 amide bonds. The minimum Gasteiger partial charge on any atom is -0.324 e. The molecule has 7 heteroatoms. The second-order valence-corrected chi connectivity index (χ2v) is 9.97. The fraction of sp³-hybridized carbons (Fsp3) is 0.500. The minimum atomic E-state index is -1.88. The Morgan fingerprint density at radius 2 is 2.07 bits per heavy atom. The molecule has 0 saturated heterocycles. The molecule has 146 valence electrons. The van der Waals surface area contributed by atoms with Gasteiger partial charge in [-0.15, -0.1) is 0 Å². The van der Waals surface area contributed by atoms with E-state index in [4.69, 9.17) is 0 Å². The van der Waals surface area contributed by atoms with Crippen LogP contribution < -0.4 is 10.6 Å². The third-order valence-electron chi connectivity index (χ3n) is 5.06. The maximum absolute atomic E-state index is 11.6. The molecule has 1 aromatic carbocycles. The summed E-state index contributed by atoms with van der Waals surface area (Å²) in [4.78, 5) is 9.06. The maximum Gasteiger partial charge on any atom is 0.227 e. The Morgan fingerprint density at radius 1 is 1.30 bits per heavy atom. The molecule has 1 aliphatic rings. The summed E-state index contributed by atoms with van der Waals surface area (Å²) < 4.78 is 20.5. The van der Waals surface area contributed by atoms with E-state index in [1.807, 2.05) is 32.2 Å². The maximum atomic E-state index is 11.6. The number of rotatable bonds is 6. The van der Waals surface area contributed by atoms with Gasteiger partial charge in [0.2, 0.25) is 5.95 Å². The van der Waals surface area contributed by atoms with E-state index in [1.165, 1.54) is 5.56 Å². The van der Waals surface area contributed by atoms with E-state index < -0.39 is 15.8 Å². The Labute approximate surface area is 163 Å². The number of aromatic nitrogens is 2. The normalized spacial score (nSPS) is 15.9. The molecule has 0 spiro atoms. The zero-order valence-electron chi connectivity index (χ0n) is 16.4. The molecule has 0 fully saturated rings. The molecule has 2 heterocycles. The van der Waals surface area contributed by atoms with E-state index in [2.05, 4.69) is 46.6 Å². The van der Waals surface area contributed by atoms with Gasteiger partial charge in [0.25, 0.3) is 0 Å². The lowest BCUT2D eigenvalue weighted by Gasteiger charge is -2.33. The summed E-state index contributed by atoms with van der Waals surface area (Å²) in [6.07, 6.45) is 3.45. The van der Waals surface area contributed by atoms with Gasteiger partial charge in [-0.2, -0.15) is 0 Å². The number of nitrogens with one attached hydrogen (secondary N) is 2. The lowest BCUT2D eigenvalue weighted by Crippen LogP contribution is -2.35. The summed E-state index contributed by atoms with van der Waals surface area (Å²) >= 11 is -1.88. The predicted octanol–water partition coefficient (Wildman–Crippen LogP) is 3.53. The van der Waals surface area contributed by atoms with Crippen molar-refractivity contribution in [2.24, 2.45) is 0 Å². The number of hydrogen-bond acceptors (Lipinski definition) is 5. The van der Waals surface area contributed by atoms with E-state index >= 15 is 0 Å². The Morgan fingerprint density at radius 3 is 2.81 bits per heavy atom. The van der Waals surface area contributed by atoms with Gasteiger partial charge >= 0.3 is 0 Å². The molecule has 3 rings (SSSR count). The van der Waals surface area contributed by atoms with Crippen molar-refractivity contribution in [3.63, 3.8) is 0 Å². The first kappa shape index (κ1) is 19.9. The quantitative estimate of drug-likeness (QED) is 0.656. The highest BCUT2D eigenvalue weighted by molar-refractivity contribution is 7.80. The Balaban J connectivity index is 1.80. The highest BCUT2D eigenvalue weighted by Gasteiger charge is 2.34. The lowest BCUT2D eigenvalue weighted by molar-refractivity contribution is 0.398. The molecule has 1 unspecified atom stereocenters. The molecule has 0 bridgehead atoms. The van der Waals surface area contributed by atoms with Crippen LogP contribution in [0.2, 0.25) is 0 Å². The Bertz CT molecular complexity index is 852. The van der Waals surface area contributed by atoms with Crippen LogP contribution in [0.1, 0.15) is 50.9 Å². The molecule has 2 aromatic rings. The van der Waals surface area contributed by atoms with E-state index in [0.717, 1.165) is 36.5 Å². The smallest absolute Gasteiger partial charge is 0.227 e. The van der Waals surface area contributed by atoms with Crippen molar-refractivity contribution in [3.05, 3.63) is 47.3 Å². The fourth-order valence-corrected chi connectivity index (χ4v) is 4.15. The van der Waals surface area contributed by atoms with Crippen LogP contribution in [0.5, 0.6) is 0 Å². The summed E-state index contributed by atoms with van der Waals surface area (Å²) in [6.45, 7) is 9.58. The van der Waals surface area contributed by atoms with Gasteiger partial charge < -0.3 is 15.2 Å². The molecule has 0 saturated carbocycles. The number of benzene rings is 1. The second-order valence-electron chi connectivity index (χ2n) is 8.37. The van der Waals surface area contributed by atoms with Crippen LogP contribution in [-0.2, 0) is 29.5 Å². The Hall–Kier alpha value is -1.83. The molecular formula is C20H28N4O2S. The number of fused-ring (bicyclic) bond motifs is 1. The summed E-state index contributed by atoms with van der Waals surface area (Å²) in [5, 5.41) is 6.62. The molecule has 1 atom stereocenters. The fourth-order valence-electron chi connectivity index (χ4n) is 3.67. The number of nitrogens with zero attached hydrogens (tertiary/aromatic N) is 2. The molecule has 1 aromatic heterocycles. The second kappa shape index (κ2) is 7.66. The van der Waals surface area contributed by atoms with E-state index in [0.29, 0.717) is 12.4 Å². The summed E-state index contributed by atoms with van der Waals surface area (Å²) in [5.74, 6) is 0.587. The SMILES string of the molecule is CC(C)(CC(C)(C)S(=O)O)c1cccc(Nc2ncc3c(n2)CNCC3)c1. The van der Waals surface area contributed by atoms with E-state index in [1.54, 1.807) is 0 Å². The van der Waals surface area contributed by atoms with Crippen LogP contribution in [0.15, 0.2) is 30.5 Å². The highest BCUT2D eigenvalue weighted by Crippen LogP contribution is 2.35. The zero-order chi connectivity index (χ0) is 19.7. The summed E-state index contributed by atoms with van der Waals surface area (Å²) in [5.41, 5.74) is 4.01. The van der Waals surface area contributed by atoms with Gasteiger partial charge in [0.05, 0.1) is 10.4 Å². The molecule has 6 nitrogen and oxygen atoms in total. The first-order valence-corrected chi connectivity index (χ1v) is 10.3. The highest BCUT2D eigenvalue weighted by atomic mass is 32.2. The Kier molecular flexibility index (Phi) is 5.65. The van der Waals surface area contributed by atoms with Crippen molar-refractivity contribution < 1.29 is 8.76 Å². The molecule has 0 radical (unpaired) electrons. The van der Waals surface area contributed by atoms with Gasteiger partial charge in [-0.25, -0.2) is 14.2 Å². The minimum absolute atomic E-state index is 0.250. The van der Waals surface area contributed by atoms with Crippen LogP contribution in [0.4, 0.5) is 11.6 Å². The molecule has 3 N–H and O–H groups in total. The van der Waals surface area contributed by atoms with Crippen molar-refractivity contribution >= 4 is 22.7 Å². The topological polar surface area (TPSA) is 87.1 Å². The zero-order valence-corrected chi connectivity index (χ0v) is 17.2. The summed E-state index contributed by atoms with van der Waals surface area (Å²) in [7, 11) is 0. The average molecular weight is 389 g/mol. The first-order valence-electron chi connectivity index (χ1n) is 9.21. The van der Waals surface area contributed by atoms with Crippen molar-refractivity contribution in [2.45, 2.75) is 57.2 Å². The third kappa shape index (κ3) is 4.72. The lowest BCUT2D eigenvalue weighted by atomic mass is 9.77. The van der Waals surface area contributed by atoms with Gasteiger partial charge in [-0.3, -0.25) is 0 Å². The molecule has 1 aliphatic heterocycles. The van der Waals surface area contributed by atoms with Crippen molar-refractivity contribution in [1.29, 1.82) is 0 Å². The van der Waals surface area contributed by atoms with E-state index in [-0.39, 0.29) is 5.41 Å². The van der Waals surface area contributed by atoms with Gasteiger partial charge in [0, 0.05) is 18.4 Å². The number of hydrogen-bond donors (Lipinski definition) is 3. The monoisotopic (exact) mass is 388 g/mol. The van der Waals surface area contributed by atoms with Crippen molar-refractivity contribution in [1.82, 2.24) is 15.3 Å². The van der Waals surface area contributed by atoms with Gasteiger partial charge in [-0.05, 0) is 61.9 Å². The van der Waals surface area contributed by atoms with Crippen LogP contribution >= 0.6 is 0 Å². The van der Waals surface area contributed by atoms with Crippen LogP contribution in [0, 0.1) is 0 Å². The molecular weight excluding hydrogens is 360 g/mol. The average Bonchev–Trinajstić information content (AvgIpc) is 2.61. The standard InChI is InChI=1S/C20H28N4O2S/c1-19(2,13-20(3,4)27(25)26)15-6-5-7-16(10-15)23-18-22-11-14-8-9-21-12-17(14)24-18/h5-7,10-11,21H,8-9,12-13H2,1-4H3,(H,25,26)(H,22,23,24). The van der Waals surface area contributed by atoms with Crippen LogP contribution in [-0.4, -0.2) is 30.0 Å². The summed E-state index contributed by atoms with van der Waals surface area (Å²) in [6, 6.07) is 8.09. The largest absolute Gasteiger partial charge is 0.324 e. The van der Waals surface area contributed by atoms with Gasteiger partial charge in [0.1, 0.15) is 0 Å². The third-order valence-corrected chi connectivity index (χ3v) is 6.15. The van der Waals surface area contributed by atoms with Gasteiger partial charge in [0.15, 0.2) is 11.1 Å². The van der Waals surface area contributed by atoms with Crippen LogP contribution in [0.3, 0.4) is 0 Å². The molecule has 27 heavy (non-hydrogen) atoms. The van der Waals surface area contributed by atoms with Gasteiger partial charge in [-0.1, -0.05) is 26.0 Å². The number of anilines is 2. The molecule has 0 aliphatic carbocycles. The van der Waals surface area contributed by atoms with E-state index in [9.17, 15) is 8.76 Å². The van der Waals surface area contributed by atoms with Crippen LogP contribution in [0.25, 0.3) is 0 Å². The predicted molar refractivity (Wildman–Crippen MR) is 110 cm³/mol. The first-order chi connectivity index (χ1) is 12.7.